The number of allylic oxidation sites excluding steroid dienone is 1. The fourth-order valence-electron chi connectivity index (χ4n) is 3.80. The maximum atomic E-state index is 12.9. The Kier molecular flexibility index (Phi) is 7.05. The molecule has 1 aliphatic heterocycles. The van der Waals surface area contributed by atoms with Crippen LogP contribution >= 0.6 is 0 Å². The summed E-state index contributed by atoms with van der Waals surface area (Å²) in [6.07, 6.45) is 0.397. The zero-order valence-electron chi connectivity index (χ0n) is 17.8. The van der Waals surface area contributed by atoms with Crippen LogP contribution in [0.4, 0.5) is 13.2 Å². The normalized spacial score (nSPS) is 15.9. The van der Waals surface area contributed by atoms with Gasteiger partial charge in [-0.25, -0.2) is 0 Å². The average molecular weight is 433 g/mol. The minimum atomic E-state index is -4.39. The Hall–Kier alpha value is -2.80. The highest BCUT2D eigenvalue weighted by atomic mass is 19.4. The Bertz CT molecular complexity index is 944. The summed E-state index contributed by atoms with van der Waals surface area (Å²) in [4.78, 5) is 15.2. The summed E-state index contributed by atoms with van der Waals surface area (Å²) in [5.74, 6) is 1.08. The van der Waals surface area contributed by atoms with Crippen LogP contribution < -0.4 is 9.47 Å². The smallest absolute Gasteiger partial charge is 0.416 e. The standard InChI is InChI=1S/C24H26F3NO3/c1-28-12-10-17(11-13-28)19-14-20(23(31-3)15-22(19)30-2)21(29)9-6-16-4-7-18(8-5-16)24(25,26)27/h4-9,14-15,17H,10-13H2,1-3H3/b9-6+. The highest BCUT2D eigenvalue weighted by molar-refractivity contribution is 6.09. The summed E-state index contributed by atoms with van der Waals surface area (Å²) in [6.45, 7) is 1.94. The zero-order chi connectivity index (χ0) is 22.6. The van der Waals surface area contributed by atoms with Crippen molar-refractivity contribution in [3.05, 3.63) is 64.7 Å². The third-order valence-electron chi connectivity index (χ3n) is 5.64. The van der Waals surface area contributed by atoms with E-state index in [1.54, 1.807) is 13.2 Å². The monoisotopic (exact) mass is 433 g/mol. The predicted octanol–water partition coefficient (Wildman–Crippen LogP) is 5.43. The van der Waals surface area contributed by atoms with E-state index in [-0.39, 0.29) is 11.7 Å². The summed E-state index contributed by atoms with van der Waals surface area (Å²) in [7, 11) is 5.17. The molecular formula is C24H26F3NO3. The lowest BCUT2D eigenvalue weighted by atomic mass is 9.87. The number of piperidine rings is 1. The van der Waals surface area contributed by atoms with Crippen molar-refractivity contribution in [3.63, 3.8) is 0 Å². The van der Waals surface area contributed by atoms with Gasteiger partial charge in [-0.1, -0.05) is 18.2 Å². The van der Waals surface area contributed by atoms with Gasteiger partial charge in [0.25, 0.3) is 0 Å². The topological polar surface area (TPSA) is 38.8 Å². The van der Waals surface area contributed by atoms with Crippen molar-refractivity contribution in [2.45, 2.75) is 24.9 Å². The van der Waals surface area contributed by atoms with Crippen LogP contribution in [0.3, 0.4) is 0 Å². The lowest BCUT2D eigenvalue weighted by Crippen LogP contribution is -2.29. The molecule has 0 amide bonds. The van der Waals surface area contributed by atoms with Crippen molar-refractivity contribution >= 4 is 11.9 Å². The van der Waals surface area contributed by atoms with Gasteiger partial charge in [-0.2, -0.15) is 13.2 Å². The van der Waals surface area contributed by atoms with Gasteiger partial charge in [-0.05, 0) is 74.3 Å². The minimum absolute atomic E-state index is 0.280. The Morgan fingerprint density at radius 1 is 1.03 bits per heavy atom. The third-order valence-corrected chi connectivity index (χ3v) is 5.64. The lowest BCUT2D eigenvalue weighted by molar-refractivity contribution is -0.137. The number of ether oxygens (including phenoxy) is 2. The molecule has 0 aliphatic carbocycles. The van der Waals surface area contributed by atoms with Crippen LogP contribution in [-0.2, 0) is 6.18 Å². The molecule has 1 aliphatic rings. The fourth-order valence-corrected chi connectivity index (χ4v) is 3.80. The second-order valence-corrected chi connectivity index (χ2v) is 7.69. The largest absolute Gasteiger partial charge is 0.496 e. The Morgan fingerprint density at radius 2 is 1.65 bits per heavy atom. The van der Waals surface area contributed by atoms with Gasteiger partial charge in [-0.15, -0.1) is 0 Å². The molecule has 1 fully saturated rings. The van der Waals surface area contributed by atoms with E-state index in [1.807, 2.05) is 6.07 Å². The molecule has 166 valence electrons. The number of hydrogen-bond donors (Lipinski definition) is 0. The van der Waals surface area contributed by atoms with Gasteiger partial charge in [0.15, 0.2) is 5.78 Å². The maximum absolute atomic E-state index is 12.9. The van der Waals surface area contributed by atoms with Gasteiger partial charge in [0.1, 0.15) is 11.5 Å². The van der Waals surface area contributed by atoms with Crippen molar-refractivity contribution in [2.75, 3.05) is 34.4 Å². The first-order valence-corrected chi connectivity index (χ1v) is 10.1. The number of rotatable bonds is 6. The molecule has 0 radical (unpaired) electrons. The van der Waals surface area contributed by atoms with E-state index < -0.39 is 11.7 Å². The molecule has 2 aromatic carbocycles. The van der Waals surface area contributed by atoms with Crippen molar-refractivity contribution in [1.29, 1.82) is 0 Å². The van der Waals surface area contributed by atoms with Crippen LogP contribution in [0.25, 0.3) is 6.08 Å². The van der Waals surface area contributed by atoms with Crippen LogP contribution in [0.2, 0.25) is 0 Å². The van der Waals surface area contributed by atoms with Crippen molar-refractivity contribution in [1.82, 2.24) is 4.90 Å². The van der Waals surface area contributed by atoms with Crippen LogP contribution in [0.15, 0.2) is 42.5 Å². The summed E-state index contributed by atoms with van der Waals surface area (Å²) < 4.78 is 49.1. The number of nitrogens with zero attached hydrogens (tertiary/aromatic N) is 1. The number of ketones is 1. The molecule has 2 aromatic rings. The quantitative estimate of drug-likeness (QED) is 0.450. The van der Waals surface area contributed by atoms with Crippen molar-refractivity contribution < 1.29 is 27.4 Å². The van der Waals surface area contributed by atoms with Crippen LogP contribution in [0.1, 0.15) is 45.8 Å². The van der Waals surface area contributed by atoms with Gasteiger partial charge < -0.3 is 14.4 Å². The van der Waals surface area contributed by atoms with E-state index in [9.17, 15) is 18.0 Å². The van der Waals surface area contributed by atoms with Crippen molar-refractivity contribution in [3.8, 4) is 11.5 Å². The van der Waals surface area contributed by atoms with Gasteiger partial charge >= 0.3 is 6.18 Å². The molecule has 0 unspecified atom stereocenters. The Labute approximate surface area is 180 Å². The first-order valence-electron chi connectivity index (χ1n) is 10.1. The first-order chi connectivity index (χ1) is 14.7. The third kappa shape index (κ3) is 5.47. The van der Waals surface area contributed by atoms with E-state index in [4.69, 9.17) is 9.47 Å². The van der Waals surface area contributed by atoms with Crippen LogP contribution in [0, 0.1) is 0 Å². The van der Waals surface area contributed by atoms with Crippen molar-refractivity contribution in [2.24, 2.45) is 0 Å². The molecule has 0 atom stereocenters. The van der Waals surface area contributed by atoms with Gasteiger partial charge in [0.2, 0.25) is 0 Å². The van der Waals surface area contributed by atoms with E-state index in [2.05, 4.69) is 11.9 Å². The molecule has 0 spiro atoms. The van der Waals surface area contributed by atoms with E-state index in [1.165, 1.54) is 31.4 Å². The number of alkyl halides is 3. The number of benzene rings is 2. The highest BCUT2D eigenvalue weighted by Gasteiger charge is 2.30. The highest BCUT2D eigenvalue weighted by Crippen LogP contribution is 2.38. The van der Waals surface area contributed by atoms with E-state index in [0.717, 1.165) is 43.6 Å². The molecule has 0 saturated carbocycles. The van der Waals surface area contributed by atoms with E-state index >= 15 is 0 Å². The van der Waals surface area contributed by atoms with Crippen LogP contribution in [-0.4, -0.2) is 45.0 Å². The molecule has 0 aromatic heterocycles. The Morgan fingerprint density at radius 3 is 2.19 bits per heavy atom. The molecule has 0 N–H and O–H groups in total. The number of methoxy groups -OCH3 is 2. The zero-order valence-corrected chi connectivity index (χ0v) is 17.8. The minimum Gasteiger partial charge on any atom is -0.496 e. The lowest BCUT2D eigenvalue weighted by Gasteiger charge is -2.30. The Balaban J connectivity index is 1.87. The van der Waals surface area contributed by atoms with Gasteiger partial charge in [0.05, 0.1) is 25.3 Å². The number of carbonyl (C=O) groups excluding carboxylic acids is 1. The predicted molar refractivity (Wildman–Crippen MR) is 114 cm³/mol. The molecular weight excluding hydrogens is 407 g/mol. The number of likely N-dealkylation sites (tertiary alicyclic amines) is 1. The number of hydrogen-bond acceptors (Lipinski definition) is 4. The molecule has 1 heterocycles. The second-order valence-electron chi connectivity index (χ2n) is 7.69. The molecule has 3 rings (SSSR count). The van der Waals surface area contributed by atoms with Gasteiger partial charge in [0, 0.05) is 6.07 Å². The summed E-state index contributed by atoms with van der Waals surface area (Å²) in [5, 5.41) is 0. The SMILES string of the molecule is COc1cc(OC)c(C2CCN(C)CC2)cc1C(=O)/C=C/c1ccc(C(F)(F)F)cc1. The van der Waals surface area contributed by atoms with Crippen LogP contribution in [0.5, 0.6) is 11.5 Å². The number of halogens is 3. The first kappa shape index (κ1) is 22.9. The second kappa shape index (κ2) is 9.56. The molecule has 0 bridgehead atoms. The summed E-state index contributed by atoms with van der Waals surface area (Å²) in [6, 6.07) is 8.22. The summed E-state index contributed by atoms with van der Waals surface area (Å²) in [5.41, 5.74) is 1.16. The fraction of sp³-hybridized carbons (Fsp3) is 0.375. The average Bonchev–Trinajstić information content (AvgIpc) is 2.76. The molecule has 7 heteroatoms. The summed E-state index contributed by atoms with van der Waals surface area (Å²) >= 11 is 0. The maximum Gasteiger partial charge on any atom is 0.416 e. The van der Waals surface area contributed by atoms with E-state index in [0.29, 0.717) is 22.6 Å². The molecule has 31 heavy (non-hydrogen) atoms. The number of carbonyl (C=O) groups is 1. The van der Waals surface area contributed by atoms with Gasteiger partial charge in [-0.3, -0.25) is 4.79 Å². The molecule has 1 saturated heterocycles. The molecule has 4 nitrogen and oxygen atoms in total.